The molecule has 0 fully saturated rings. The van der Waals surface area contributed by atoms with Gasteiger partial charge in [-0.15, -0.1) is 0 Å². The number of allylic oxidation sites excluding steroid dienone is 2. The van der Waals surface area contributed by atoms with Crippen LogP contribution in [-0.2, 0) is 32.4 Å². The summed E-state index contributed by atoms with van der Waals surface area (Å²) in [7, 11) is -4.40. The molecule has 0 aliphatic heterocycles. The quantitative estimate of drug-likeness (QED) is 0.198. The van der Waals surface area contributed by atoms with Crippen LogP contribution in [0.15, 0.2) is 35.2 Å². The fraction of sp³-hybridized carbons (Fsp3) is 0.571. The highest BCUT2D eigenvalue weighted by Gasteiger charge is 2.29. The van der Waals surface area contributed by atoms with E-state index in [2.05, 4.69) is 13.8 Å². The molecule has 38 heavy (non-hydrogen) atoms. The van der Waals surface area contributed by atoms with Gasteiger partial charge in [-0.1, -0.05) is 57.0 Å². The molecule has 0 saturated carbocycles. The molecule has 2 aromatic rings. The standard InChI is InChI=1S/C28H40O9S/c1-3-5-13-34-16-20(29)18-36-27-23-9-7-8-10-24(23)28(37-19-21(30)17-35-14-6-4-2)26-15-22(38(31,32)33)11-12-25(26)27/h7-11,20-21,29-30H,3-6,12-19H2,1-2H3,(H,31,32,33). The minimum absolute atomic E-state index is 0.00849. The van der Waals surface area contributed by atoms with Crippen LogP contribution in [0.4, 0.5) is 0 Å². The lowest BCUT2D eigenvalue weighted by Gasteiger charge is -2.26. The van der Waals surface area contributed by atoms with Crippen LogP contribution < -0.4 is 9.47 Å². The van der Waals surface area contributed by atoms with Gasteiger partial charge in [0.1, 0.15) is 36.9 Å². The van der Waals surface area contributed by atoms with Crippen LogP contribution in [0, 0.1) is 0 Å². The van der Waals surface area contributed by atoms with Crippen molar-refractivity contribution in [3.8, 4) is 11.5 Å². The number of hydrogen-bond donors (Lipinski definition) is 3. The van der Waals surface area contributed by atoms with Gasteiger partial charge in [-0.3, -0.25) is 4.55 Å². The summed E-state index contributed by atoms with van der Waals surface area (Å²) >= 11 is 0. The number of benzene rings is 2. The molecule has 0 aromatic heterocycles. The van der Waals surface area contributed by atoms with Gasteiger partial charge in [-0.25, -0.2) is 0 Å². The molecule has 1 aliphatic rings. The fourth-order valence-electron chi connectivity index (χ4n) is 4.26. The van der Waals surface area contributed by atoms with E-state index < -0.39 is 22.3 Å². The Morgan fingerprint density at radius 3 is 1.79 bits per heavy atom. The summed E-state index contributed by atoms with van der Waals surface area (Å²) in [5.41, 5.74) is 1.26. The predicted molar refractivity (Wildman–Crippen MR) is 145 cm³/mol. The number of aliphatic hydroxyl groups excluding tert-OH is 2. The van der Waals surface area contributed by atoms with Crippen molar-refractivity contribution in [2.24, 2.45) is 0 Å². The maximum atomic E-state index is 12.0. The van der Waals surface area contributed by atoms with Gasteiger partial charge in [-0.05, 0) is 19.3 Å². The van der Waals surface area contributed by atoms with Crippen molar-refractivity contribution in [1.29, 1.82) is 0 Å². The minimum Gasteiger partial charge on any atom is -0.490 e. The Bertz CT molecular complexity index is 1180. The number of aliphatic hydroxyl groups is 2. The van der Waals surface area contributed by atoms with Gasteiger partial charge < -0.3 is 29.2 Å². The Morgan fingerprint density at radius 1 is 0.816 bits per heavy atom. The van der Waals surface area contributed by atoms with Crippen LogP contribution in [0.3, 0.4) is 0 Å². The molecule has 1 aliphatic carbocycles. The summed E-state index contributed by atoms with van der Waals surface area (Å²) in [6.07, 6.45) is 3.65. The Kier molecular flexibility index (Phi) is 11.8. The average molecular weight is 553 g/mol. The van der Waals surface area contributed by atoms with Crippen LogP contribution in [0.25, 0.3) is 10.8 Å². The second-order valence-corrected chi connectivity index (χ2v) is 10.9. The highest BCUT2D eigenvalue weighted by molar-refractivity contribution is 7.89. The van der Waals surface area contributed by atoms with E-state index in [4.69, 9.17) is 18.9 Å². The number of ether oxygens (including phenoxy) is 4. The third-order valence-corrected chi connectivity index (χ3v) is 7.26. The van der Waals surface area contributed by atoms with E-state index in [0.717, 1.165) is 31.1 Å². The van der Waals surface area contributed by atoms with E-state index in [-0.39, 0.29) is 44.2 Å². The third-order valence-electron chi connectivity index (χ3n) is 6.29. The molecule has 2 atom stereocenters. The Balaban J connectivity index is 1.90. The summed E-state index contributed by atoms with van der Waals surface area (Å²) < 4.78 is 56.9. The first kappa shape index (κ1) is 30.3. The number of hydrogen-bond acceptors (Lipinski definition) is 8. The summed E-state index contributed by atoms with van der Waals surface area (Å²) in [5.74, 6) is 0.942. The van der Waals surface area contributed by atoms with Crippen molar-refractivity contribution < 1.29 is 42.1 Å². The van der Waals surface area contributed by atoms with Gasteiger partial charge in [0.2, 0.25) is 0 Å². The van der Waals surface area contributed by atoms with E-state index in [9.17, 15) is 23.2 Å². The molecule has 2 unspecified atom stereocenters. The second kappa shape index (κ2) is 14.8. The van der Waals surface area contributed by atoms with Gasteiger partial charge in [0.05, 0.1) is 18.1 Å². The zero-order chi connectivity index (χ0) is 27.5. The highest BCUT2D eigenvalue weighted by atomic mass is 32.2. The lowest BCUT2D eigenvalue weighted by atomic mass is 9.90. The average Bonchev–Trinajstić information content (AvgIpc) is 2.90. The minimum atomic E-state index is -4.40. The lowest BCUT2D eigenvalue weighted by Crippen LogP contribution is -2.25. The summed E-state index contributed by atoms with van der Waals surface area (Å²) in [4.78, 5) is -0.121. The number of rotatable bonds is 17. The van der Waals surface area contributed by atoms with E-state index in [1.807, 2.05) is 24.3 Å². The van der Waals surface area contributed by atoms with Crippen molar-refractivity contribution in [2.45, 2.75) is 64.6 Å². The zero-order valence-electron chi connectivity index (χ0n) is 22.2. The summed E-state index contributed by atoms with van der Waals surface area (Å²) in [6.45, 7) is 5.44. The van der Waals surface area contributed by atoms with Crippen LogP contribution >= 0.6 is 0 Å². The number of unbranched alkanes of at least 4 members (excludes halogenated alkanes) is 2. The summed E-state index contributed by atoms with van der Waals surface area (Å²) in [5, 5.41) is 22.2. The maximum absolute atomic E-state index is 12.0. The monoisotopic (exact) mass is 552 g/mol. The van der Waals surface area contributed by atoms with Crippen LogP contribution in [0.1, 0.15) is 50.7 Å². The highest BCUT2D eigenvalue weighted by Crippen LogP contribution is 2.44. The molecular formula is C28H40O9S. The molecule has 0 radical (unpaired) electrons. The number of fused-ring (bicyclic) bond motifs is 2. The molecule has 0 spiro atoms. The SMILES string of the molecule is CCCCOCC(O)COc1c2c(c(OCC(O)COCCCC)c3ccccc13)CC(S(=O)(=O)O)=CC2. The molecule has 3 N–H and O–H groups in total. The topological polar surface area (TPSA) is 132 Å². The molecule has 212 valence electrons. The third kappa shape index (κ3) is 8.39. The van der Waals surface area contributed by atoms with E-state index in [1.54, 1.807) is 0 Å². The van der Waals surface area contributed by atoms with Crippen molar-refractivity contribution in [3.05, 3.63) is 46.4 Å². The first-order valence-corrected chi connectivity index (χ1v) is 14.7. The van der Waals surface area contributed by atoms with Crippen LogP contribution in [0.2, 0.25) is 0 Å². The molecule has 0 amide bonds. The van der Waals surface area contributed by atoms with Crippen LogP contribution in [-0.4, -0.2) is 75.0 Å². The van der Waals surface area contributed by atoms with Gasteiger partial charge in [0.25, 0.3) is 10.1 Å². The predicted octanol–water partition coefficient (Wildman–Crippen LogP) is 3.82. The lowest BCUT2D eigenvalue weighted by molar-refractivity contribution is 0.0108. The Labute approximate surface area is 225 Å². The van der Waals surface area contributed by atoms with E-state index >= 15 is 0 Å². The molecule has 10 heteroatoms. The second-order valence-electron chi connectivity index (χ2n) is 9.47. The summed E-state index contributed by atoms with van der Waals surface area (Å²) in [6, 6.07) is 7.38. The van der Waals surface area contributed by atoms with Crippen molar-refractivity contribution >= 4 is 20.9 Å². The largest absolute Gasteiger partial charge is 0.490 e. The molecule has 2 aromatic carbocycles. The van der Waals surface area contributed by atoms with E-state index in [1.165, 1.54) is 6.08 Å². The first-order chi connectivity index (χ1) is 18.3. The smallest absolute Gasteiger partial charge is 0.290 e. The van der Waals surface area contributed by atoms with E-state index in [0.29, 0.717) is 41.2 Å². The molecule has 9 nitrogen and oxygen atoms in total. The molecular weight excluding hydrogens is 512 g/mol. The van der Waals surface area contributed by atoms with Crippen molar-refractivity contribution in [1.82, 2.24) is 0 Å². The Morgan fingerprint density at radius 2 is 1.32 bits per heavy atom. The zero-order valence-corrected chi connectivity index (χ0v) is 23.0. The van der Waals surface area contributed by atoms with Crippen molar-refractivity contribution in [3.63, 3.8) is 0 Å². The molecule has 0 saturated heterocycles. The van der Waals surface area contributed by atoms with Crippen LogP contribution in [0.5, 0.6) is 11.5 Å². The van der Waals surface area contributed by atoms with Crippen molar-refractivity contribution in [2.75, 3.05) is 39.6 Å². The first-order valence-electron chi connectivity index (χ1n) is 13.3. The maximum Gasteiger partial charge on any atom is 0.290 e. The molecule has 3 rings (SSSR count). The fourth-order valence-corrected chi connectivity index (χ4v) is 4.88. The van der Waals surface area contributed by atoms with Gasteiger partial charge >= 0.3 is 0 Å². The molecule has 0 bridgehead atoms. The van der Waals surface area contributed by atoms with Gasteiger partial charge in [0, 0.05) is 41.5 Å². The normalized spacial score (nSPS) is 15.1. The molecule has 0 heterocycles. The Hall–Kier alpha value is -2.21. The van der Waals surface area contributed by atoms with Gasteiger partial charge in [-0.2, -0.15) is 8.42 Å². The van der Waals surface area contributed by atoms with Gasteiger partial charge in [0.15, 0.2) is 0 Å².